The van der Waals surface area contributed by atoms with E-state index in [0.717, 1.165) is 31.5 Å². The normalized spacial score (nSPS) is 17.3. The Morgan fingerprint density at radius 1 is 1.39 bits per heavy atom. The molecule has 0 radical (unpaired) electrons. The van der Waals surface area contributed by atoms with Crippen molar-refractivity contribution in [3.8, 4) is 0 Å². The first-order chi connectivity index (χ1) is 8.81. The average molecular weight is 248 g/mol. The molecule has 0 aliphatic heterocycles. The lowest BCUT2D eigenvalue weighted by atomic mass is 9.92. The molecule has 0 aromatic carbocycles. The minimum atomic E-state index is -0.273. The maximum Gasteiger partial charge on any atom is 0.141 e. The fourth-order valence-electron chi connectivity index (χ4n) is 2.40. The highest BCUT2D eigenvalue weighted by Crippen LogP contribution is 2.28. The molecule has 1 aliphatic carbocycles. The molecule has 98 valence electrons. The summed E-state index contributed by atoms with van der Waals surface area (Å²) in [6.07, 6.45) is 9.52. The molecule has 2 rings (SSSR count). The van der Waals surface area contributed by atoms with E-state index in [1.54, 1.807) is 6.07 Å². The topological polar surface area (TPSA) is 24.9 Å². The Hall–Kier alpha value is -1.22. The number of allylic oxidation sites excluding steroid dienone is 1. The maximum atomic E-state index is 12.9. The van der Waals surface area contributed by atoms with Crippen LogP contribution in [0, 0.1) is 5.82 Å². The SMILES string of the molecule is CCCNC(C1=CCCCC1)c1ccc(F)cn1. The Kier molecular flexibility index (Phi) is 4.88. The summed E-state index contributed by atoms with van der Waals surface area (Å²) in [5.41, 5.74) is 2.34. The Labute approximate surface area is 108 Å². The van der Waals surface area contributed by atoms with Gasteiger partial charge in [-0.3, -0.25) is 4.98 Å². The molecule has 1 unspecified atom stereocenters. The van der Waals surface area contributed by atoms with Crippen LogP contribution in [-0.4, -0.2) is 11.5 Å². The van der Waals surface area contributed by atoms with Gasteiger partial charge in [0.1, 0.15) is 5.82 Å². The average Bonchev–Trinajstić information content (AvgIpc) is 2.42. The molecular weight excluding hydrogens is 227 g/mol. The molecule has 1 heterocycles. The summed E-state index contributed by atoms with van der Waals surface area (Å²) in [6.45, 7) is 3.11. The highest BCUT2D eigenvalue weighted by molar-refractivity contribution is 5.23. The zero-order valence-corrected chi connectivity index (χ0v) is 11.0. The van der Waals surface area contributed by atoms with E-state index in [9.17, 15) is 4.39 Å². The van der Waals surface area contributed by atoms with Crippen molar-refractivity contribution in [1.82, 2.24) is 10.3 Å². The van der Waals surface area contributed by atoms with E-state index in [-0.39, 0.29) is 11.9 Å². The van der Waals surface area contributed by atoms with Gasteiger partial charge in [-0.05, 0) is 50.8 Å². The van der Waals surface area contributed by atoms with E-state index in [4.69, 9.17) is 0 Å². The molecule has 2 nitrogen and oxygen atoms in total. The van der Waals surface area contributed by atoms with Crippen LogP contribution in [0.3, 0.4) is 0 Å². The summed E-state index contributed by atoms with van der Waals surface area (Å²) < 4.78 is 12.9. The van der Waals surface area contributed by atoms with E-state index in [1.165, 1.54) is 30.7 Å². The third-order valence-electron chi connectivity index (χ3n) is 3.34. The van der Waals surface area contributed by atoms with Gasteiger partial charge in [0.15, 0.2) is 0 Å². The number of nitrogens with one attached hydrogen (secondary N) is 1. The molecule has 1 aromatic rings. The number of aromatic nitrogens is 1. The second kappa shape index (κ2) is 6.64. The lowest BCUT2D eigenvalue weighted by molar-refractivity contribution is 0.533. The molecule has 1 N–H and O–H groups in total. The van der Waals surface area contributed by atoms with Crippen LogP contribution in [0.2, 0.25) is 0 Å². The first-order valence-electron chi connectivity index (χ1n) is 6.85. The predicted octanol–water partition coefficient (Wildman–Crippen LogP) is 3.76. The van der Waals surface area contributed by atoms with Crippen LogP contribution in [0.25, 0.3) is 0 Å². The van der Waals surface area contributed by atoms with Crippen LogP contribution in [0.4, 0.5) is 4.39 Å². The molecule has 1 atom stereocenters. The van der Waals surface area contributed by atoms with Crippen molar-refractivity contribution >= 4 is 0 Å². The molecule has 0 amide bonds. The molecular formula is C15H21FN2. The number of pyridine rings is 1. The summed E-state index contributed by atoms with van der Waals surface area (Å²) in [6, 6.07) is 3.44. The third-order valence-corrected chi connectivity index (χ3v) is 3.34. The van der Waals surface area contributed by atoms with Gasteiger partial charge < -0.3 is 5.32 Å². The number of hydrogen-bond donors (Lipinski definition) is 1. The van der Waals surface area contributed by atoms with Gasteiger partial charge in [-0.1, -0.05) is 18.6 Å². The van der Waals surface area contributed by atoms with Crippen molar-refractivity contribution in [2.45, 2.75) is 45.1 Å². The van der Waals surface area contributed by atoms with Gasteiger partial charge in [-0.2, -0.15) is 0 Å². The second-order valence-electron chi connectivity index (χ2n) is 4.81. The molecule has 1 aliphatic rings. The summed E-state index contributed by atoms with van der Waals surface area (Å²) >= 11 is 0. The number of halogens is 1. The molecule has 1 aromatic heterocycles. The van der Waals surface area contributed by atoms with Crippen molar-refractivity contribution in [3.05, 3.63) is 41.5 Å². The lowest BCUT2D eigenvalue weighted by Gasteiger charge is -2.24. The highest BCUT2D eigenvalue weighted by atomic mass is 19.1. The largest absolute Gasteiger partial charge is 0.305 e. The molecule has 0 saturated carbocycles. The monoisotopic (exact) mass is 248 g/mol. The Morgan fingerprint density at radius 2 is 2.28 bits per heavy atom. The predicted molar refractivity (Wildman–Crippen MR) is 71.8 cm³/mol. The van der Waals surface area contributed by atoms with E-state index in [2.05, 4.69) is 23.3 Å². The minimum Gasteiger partial charge on any atom is -0.305 e. The maximum absolute atomic E-state index is 12.9. The van der Waals surface area contributed by atoms with Crippen LogP contribution in [0.1, 0.15) is 50.8 Å². The molecule has 18 heavy (non-hydrogen) atoms. The second-order valence-corrected chi connectivity index (χ2v) is 4.81. The summed E-state index contributed by atoms with van der Waals surface area (Å²) in [4.78, 5) is 4.23. The van der Waals surface area contributed by atoms with Crippen LogP contribution in [0.5, 0.6) is 0 Å². The quantitative estimate of drug-likeness (QED) is 0.802. The van der Waals surface area contributed by atoms with E-state index in [0.29, 0.717) is 0 Å². The molecule has 0 saturated heterocycles. The molecule has 3 heteroatoms. The van der Waals surface area contributed by atoms with Gasteiger partial charge in [-0.25, -0.2) is 4.39 Å². The van der Waals surface area contributed by atoms with Gasteiger partial charge in [0.2, 0.25) is 0 Å². The third kappa shape index (κ3) is 3.39. The zero-order valence-electron chi connectivity index (χ0n) is 11.0. The van der Waals surface area contributed by atoms with Crippen molar-refractivity contribution in [2.75, 3.05) is 6.54 Å². The Morgan fingerprint density at radius 3 is 2.89 bits per heavy atom. The van der Waals surface area contributed by atoms with Crippen molar-refractivity contribution in [3.63, 3.8) is 0 Å². The minimum absolute atomic E-state index is 0.158. The molecule has 0 fully saturated rings. The lowest BCUT2D eigenvalue weighted by Crippen LogP contribution is -2.25. The van der Waals surface area contributed by atoms with Crippen molar-refractivity contribution in [1.29, 1.82) is 0 Å². The fraction of sp³-hybridized carbons (Fsp3) is 0.533. The first-order valence-corrected chi connectivity index (χ1v) is 6.85. The number of nitrogens with zero attached hydrogens (tertiary/aromatic N) is 1. The molecule has 0 bridgehead atoms. The van der Waals surface area contributed by atoms with Crippen molar-refractivity contribution in [2.24, 2.45) is 0 Å². The molecule has 0 spiro atoms. The van der Waals surface area contributed by atoms with Gasteiger partial charge >= 0.3 is 0 Å². The van der Waals surface area contributed by atoms with Gasteiger partial charge in [0.05, 0.1) is 17.9 Å². The summed E-state index contributed by atoms with van der Waals surface area (Å²) in [5, 5.41) is 3.52. The number of hydrogen-bond acceptors (Lipinski definition) is 2. The fourth-order valence-corrected chi connectivity index (χ4v) is 2.40. The van der Waals surface area contributed by atoms with Gasteiger partial charge in [-0.15, -0.1) is 0 Å². The van der Waals surface area contributed by atoms with Crippen molar-refractivity contribution < 1.29 is 4.39 Å². The van der Waals surface area contributed by atoms with Crippen LogP contribution < -0.4 is 5.32 Å². The van der Waals surface area contributed by atoms with E-state index in [1.807, 2.05) is 0 Å². The van der Waals surface area contributed by atoms with Crippen LogP contribution in [-0.2, 0) is 0 Å². The van der Waals surface area contributed by atoms with Crippen LogP contribution in [0.15, 0.2) is 30.0 Å². The zero-order chi connectivity index (χ0) is 12.8. The Balaban J connectivity index is 2.18. The summed E-state index contributed by atoms with van der Waals surface area (Å²) in [7, 11) is 0. The van der Waals surface area contributed by atoms with E-state index >= 15 is 0 Å². The first kappa shape index (κ1) is 13.2. The Bertz CT molecular complexity index is 397. The highest BCUT2D eigenvalue weighted by Gasteiger charge is 2.18. The van der Waals surface area contributed by atoms with Crippen LogP contribution >= 0.6 is 0 Å². The van der Waals surface area contributed by atoms with Gasteiger partial charge in [0.25, 0.3) is 0 Å². The van der Waals surface area contributed by atoms with E-state index < -0.39 is 0 Å². The standard InChI is InChI=1S/C15H21FN2/c1-2-10-17-15(12-6-4-3-5-7-12)14-9-8-13(16)11-18-14/h6,8-9,11,15,17H,2-5,7,10H2,1H3. The number of rotatable bonds is 5. The smallest absolute Gasteiger partial charge is 0.141 e. The summed E-state index contributed by atoms with van der Waals surface area (Å²) in [5.74, 6) is -0.273. The van der Waals surface area contributed by atoms with Gasteiger partial charge in [0, 0.05) is 0 Å².